The van der Waals surface area contributed by atoms with Crippen molar-refractivity contribution in [3.8, 4) is 0 Å². The van der Waals surface area contributed by atoms with Crippen molar-refractivity contribution in [3.63, 3.8) is 0 Å². The fourth-order valence-corrected chi connectivity index (χ4v) is 7.01. The molecule has 1 aromatic rings. The van der Waals surface area contributed by atoms with Gasteiger partial charge in [0.15, 0.2) is 6.10 Å². The van der Waals surface area contributed by atoms with Gasteiger partial charge in [0.25, 0.3) is 0 Å². The van der Waals surface area contributed by atoms with E-state index in [1.54, 1.807) is 27.7 Å². The number of ether oxygens (including phenoxy) is 5. The highest BCUT2D eigenvalue weighted by atomic mass is 16.6. The molecule has 1 aliphatic heterocycles. The maximum Gasteiger partial charge on any atom is 0.341 e. The van der Waals surface area contributed by atoms with Crippen LogP contribution < -0.4 is 0 Å². The molecule has 2 heterocycles. The highest BCUT2D eigenvalue weighted by molar-refractivity contribution is 5.89. The minimum atomic E-state index is -1.69. The Kier molecular flexibility index (Phi) is 8.61. The van der Waals surface area contributed by atoms with Crippen LogP contribution in [0.4, 0.5) is 0 Å². The zero-order valence-electron chi connectivity index (χ0n) is 25.8. The van der Waals surface area contributed by atoms with Gasteiger partial charge in [-0.3, -0.25) is 14.4 Å². The molecule has 8 atom stereocenters. The number of carbonyl (C=O) groups is 4. The molecule has 0 amide bonds. The van der Waals surface area contributed by atoms with Crippen molar-refractivity contribution < 1.29 is 52.4 Å². The van der Waals surface area contributed by atoms with Crippen molar-refractivity contribution in [1.82, 2.24) is 0 Å². The summed E-state index contributed by atoms with van der Waals surface area (Å²) in [5, 5.41) is 12.3. The van der Waals surface area contributed by atoms with Crippen LogP contribution in [0.2, 0.25) is 0 Å². The Morgan fingerprint density at radius 1 is 1.05 bits per heavy atom. The van der Waals surface area contributed by atoms with Gasteiger partial charge >= 0.3 is 23.9 Å². The molecule has 2 bridgehead atoms. The molecule has 2 aliphatic carbocycles. The van der Waals surface area contributed by atoms with E-state index in [-0.39, 0.29) is 24.3 Å². The van der Waals surface area contributed by atoms with Gasteiger partial charge in [-0.25, -0.2) is 4.79 Å². The molecular weight excluding hydrogens is 548 g/mol. The Morgan fingerprint density at radius 2 is 1.74 bits per heavy atom. The van der Waals surface area contributed by atoms with Crippen molar-refractivity contribution >= 4 is 23.9 Å². The third-order valence-corrected chi connectivity index (χ3v) is 9.61. The first-order valence-electron chi connectivity index (χ1n) is 14.7. The lowest BCUT2D eigenvalue weighted by molar-refractivity contribution is -0.337. The van der Waals surface area contributed by atoms with Gasteiger partial charge in [-0.05, 0) is 52.0 Å². The van der Waals surface area contributed by atoms with Crippen LogP contribution in [0.15, 0.2) is 23.0 Å². The van der Waals surface area contributed by atoms with Crippen molar-refractivity contribution in [1.29, 1.82) is 0 Å². The van der Waals surface area contributed by atoms with Crippen molar-refractivity contribution in [2.45, 2.75) is 116 Å². The summed E-state index contributed by atoms with van der Waals surface area (Å²) in [6.45, 7) is 13.1. The SMILES string of the molecule is CC[C@@H](C)C(=O)O[C@H]1[C@@H](OC(=O)C(C)C)C[C@](C)(O)[C@@]23C[C@@H](C[C@H](OC(=O)c4ccoc4)[C@]12COC(C)=O)C(C)(C)O3. The Hall–Kier alpha value is -2.92. The van der Waals surface area contributed by atoms with Gasteiger partial charge in [0.2, 0.25) is 0 Å². The van der Waals surface area contributed by atoms with E-state index in [4.69, 9.17) is 28.1 Å². The van der Waals surface area contributed by atoms with E-state index in [1.165, 1.54) is 25.5 Å². The van der Waals surface area contributed by atoms with E-state index in [0.717, 1.165) is 0 Å². The van der Waals surface area contributed by atoms with E-state index < -0.39 is 82.8 Å². The summed E-state index contributed by atoms with van der Waals surface area (Å²) in [6.07, 6.45) is -0.0491. The summed E-state index contributed by atoms with van der Waals surface area (Å²) in [7, 11) is 0. The number of hydrogen-bond donors (Lipinski definition) is 1. The fraction of sp³-hybridized carbons (Fsp3) is 0.742. The van der Waals surface area contributed by atoms with Gasteiger partial charge in [0, 0.05) is 13.3 Å². The monoisotopic (exact) mass is 592 g/mol. The lowest BCUT2D eigenvalue weighted by atomic mass is 9.47. The summed E-state index contributed by atoms with van der Waals surface area (Å²) >= 11 is 0. The number of rotatable bonds is 9. The molecular formula is C31H44O11. The third-order valence-electron chi connectivity index (χ3n) is 9.61. The standard InChI is InChI=1S/C31H44O11/c1-9-18(4)26(34)41-24-22(39-25(33)17(2)3)14-29(8,36)31-13-21(28(6,7)42-31)12-23(30(24,31)16-38-19(5)32)40-27(35)20-10-11-37-15-20/h10-11,15,17-18,21-24,36H,9,12-14,16H2,1-8H3/t18-,21-,22+,23+,24+,29+,30-,31+/m1/s1. The maximum atomic E-state index is 13.5. The minimum Gasteiger partial charge on any atom is -0.472 e. The molecule has 0 unspecified atom stereocenters. The van der Waals surface area contributed by atoms with Crippen LogP contribution in [-0.2, 0) is 38.1 Å². The van der Waals surface area contributed by atoms with Gasteiger partial charge in [-0.2, -0.15) is 0 Å². The molecule has 11 heteroatoms. The first-order chi connectivity index (χ1) is 19.5. The predicted molar refractivity (Wildman–Crippen MR) is 147 cm³/mol. The van der Waals surface area contributed by atoms with Gasteiger partial charge < -0.3 is 33.2 Å². The molecule has 4 rings (SSSR count). The highest BCUT2D eigenvalue weighted by Gasteiger charge is 2.81. The fourth-order valence-electron chi connectivity index (χ4n) is 7.01. The third kappa shape index (κ3) is 5.23. The number of aliphatic hydroxyl groups is 1. The Morgan fingerprint density at radius 3 is 2.31 bits per heavy atom. The number of fused-ring (bicyclic) bond motifs is 1. The lowest BCUT2D eigenvalue weighted by Crippen LogP contribution is -2.80. The molecule has 2 saturated carbocycles. The molecule has 1 N–H and O–H groups in total. The Labute approximate surface area is 246 Å². The number of furan rings is 1. The zero-order valence-corrected chi connectivity index (χ0v) is 25.8. The van der Waals surface area contributed by atoms with Crippen LogP contribution in [0.5, 0.6) is 0 Å². The summed E-state index contributed by atoms with van der Waals surface area (Å²) in [6, 6.07) is 1.46. The van der Waals surface area contributed by atoms with E-state index in [1.807, 2.05) is 20.8 Å². The lowest BCUT2D eigenvalue weighted by Gasteiger charge is -2.64. The molecule has 3 fully saturated rings. The van der Waals surface area contributed by atoms with Gasteiger partial charge in [0.05, 0.1) is 34.9 Å². The second-order valence-electron chi connectivity index (χ2n) is 13.2. The van der Waals surface area contributed by atoms with Crippen LogP contribution >= 0.6 is 0 Å². The van der Waals surface area contributed by atoms with Crippen LogP contribution in [0.3, 0.4) is 0 Å². The first-order valence-corrected chi connectivity index (χ1v) is 14.7. The van der Waals surface area contributed by atoms with E-state index >= 15 is 0 Å². The average Bonchev–Trinajstić information content (AvgIpc) is 3.52. The molecule has 1 saturated heterocycles. The molecule has 3 aliphatic rings. The van der Waals surface area contributed by atoms with Crippen molar-refractivity contribution in [2.24, 2.45) is 23.2 Å². The summed E-state index contributed by atoms with van der Waals surface area (Å²) in [4.78, 5) is 52.3. The second kappa shape index (κ2) is 11.3. The molecule has 1 aromatic heterocycles. The average molecular weight is 593 g/mol. The number of carbonyl (C=O) groups excluding carboxylic acids is 4. The van der Waals surface area contributed by atoms with Crippen LogP contribution in [0, 0.1) is 23.2 Å². The highest BCUT2D eigenvalue weighted by Crippen LogP contribution is 2.68. The minimum absolute atomic E-state index is 0.128. The summed E-state index contributed by atoms with van der Waals surface area (Å²) in [5.74, 6) is -3.69. The largest absolute Gasteiger partial charge is 0.472 e. The van der Waals surface area contributed by atoms with Gasteiger partial charge in [-0.15, -0.1) is 0 Å². The van der Waals surface area contributed by atoms with Crippen LogP contribution in [0.25, 0.3) is 0 Å². The predicted octanol–water partition coefficient (Wildman–Crippen LogP) is 3.99. The maximum absolute atomic E-state index is 13.5. The Balaban J connectivity index is 1.97. The van der Waals surface area contributed by atoms with Crippen LogP contribution in [0.1, 0.15) is 91.4 Å². The summed E-state index contributed by atoms with van der Waals surface area (Å²) < 4.78 is 36.0. The van der Waals surface area contributed by atoms with E-state index in [2.05, 4.69) is 0 Å². The molecule has 0 aromatic carbocycles. The van der Waals surface area contributed by atoms with Gasteiger partial charge in [0.1, 0.15) is 36.1 Å². The van der Waals surface area contributed by atoms with Crippen LogP contribution in [-0.4, -0.2) is 70.7 Å². The first kappa shape index (κ1) is 32.0. The Bertz CT molecular complexity index is 1190. The van der Waals surface area contributed by atoms with Crippen molar-refractivity contribution in [3.05, 3.63) is 24.2 Å². The number of esters is 4. The summed E-state index contributed by atoms with van der Waals surface area (Å²) in [5.41, 5.74) is -5.52. The van der Waals surface area contributed by atoms with Crippen molar-refractivity contribution in [2.75, 3.05) is 6.61 Å². The molecule has 11 nitrogen and oxygen atoms in total. The van der Waals surface area contributed by atoms with E-state index in [9.17, 15) is 24.3 Å². The molecule has 42 heavy (non-hydrogen) atoms. The molecule has 0 radical (unpaired) electrons. The molecule has 1 spiro atoms. The molecule has 234 valence electrons. The normalized spacial score (nSPS) is 35.6. The quantitative estimate of drug-likeness (QED) is 0.328. The second-order valence-corrected chi connectivity index (χ2v) is 13.2. The zero-order chi connectivity index (χ0) is 31.3. The van der Waals surface area contributed by atoms with E-state index in [0.29, 0.717) is 12.8 Å². The smallest absolute Gasteiger partial charge is 0.341 e. The van der Waals surface area contributed by atoms with Gasteiger partial charge in [-0.1, -0.05) is 27.7 Å². The topological polar surface area (TPSA) is 148 Å². The number of hydrogen-bond acceptors (Lipinski definition) is 11.